The number of nitrogens with zero attached hydrogens (tertiary/aromatic N) is 4. The van der Waals surface area contributed by atoms with Crippen LogP contribution < -0.4 is 5.32 Å². The summed E-state index contributed by atoms with van der Waals surface area (Å²) in [6.07, 6.45) is 12.4. The number of likely N-dealkylation sites (tertiary alicyclic amines) is 1. The first-order valence-corrected chi connectivity index (χ1v) is 14.6. The summed E-state index contributed by atoms with van der Waals surface area (Å²) >= 11 is 0. The first kappa shape index (κ1) is 28.3. The number of hydrogen-bond acceptors (Lipinski definition) is 4. The molecule has 3 aromatic rings. The van der Waals surface area contributed by atoms with Crippen molar-refractivity contribution in [1.29, 1.82) is 0 Å². The molecule has 8 heteroatoms. The highest BCUT2D eigenvalue weighted by molar-refractivity contribution is 5.99. The highest BCUT2D eigenvalue weighted by Crippen LogP contribution is 2.34. The Balaban J connectivity index is 1.39. The highest BCUT2D eigenvalue weighted by Gasteiger charge is 2.32. The quantitative estimate of drug-likeness (QED) is 0.438. The summed E-state index contributed by atoms with van der Waals surface area (Å²) in [5.74, 6) is -0.0138. The minimum Gasteiger partial charge on any atom is -0.354 e. The van der Waals surface area contributed by atoms with Gasteiger partial charge in [0.15, 0.2) is 0 Å². The van der Waals surface area contributed by atoms with Crippen molar-refractivity contribution in [3.8, 4) is 5.69 Å². The molecule has 214 valence electrons. The van der Waals surface area contributed by atoms with E-state index in [1.807, 2.05) is 30.8 Å². The molecule has 1 aromatic carbocycles. The fourth-order valence-corrected chi connectivity index (χ4v) is 6.65. The number of rotatable bonds is 7. The van der Waals surface area contributed by atoms with Crippen LogP contribution in [0.15, 0.2) is 36.8 Å². The van der Waals surface area contributed by atoms with E-state index in [9.17, 15) is 14.0 Å². The number of aromatic nitrogens is 2. The number of benzene rings is 1. The van der Waals surface area contributed by atoms with Crippen LogP contribution in [0.5, 0.6) is 0 Å². The molecule has 7 nitrogen and oxygen atoms in total. The summed E-state index contributed by atoms with van der Waals surface area (Å²) in [5.41, 5.74) is 4.31. The fourth-order valence-electron chi connectivity index (χ4n) is 6.65. The van der Waals surface area contributed by atoms with Crippen molar-refractivity contribution in [2.45, 2.75) is 84.3 Å². The fraction of sp³-hybridized carbons (Fsp3) is 0.531. The van der Waals surface area contributed by atoms with Gasteiger partial charge in [-0.3, -0.25) is 14.6 Å². The van der Waals surface area contributed by atoms with E-state index >= 15 is 0 Å². The molecule has 1 aliphatic carbocycles. The Labute approximate surface area is 236 Å². The zero-order valence-electron chi connectivity index (χ0n) is 24.4. The lowest BCUT2D eigenvalue weighted by Gasteiger charge is -2.34. The van der Waals surface area contributed by atoms with Gasteiger partial charge in [0.1, 0.15) is 5.82 Å². The van der Waals surface area contributed by atoms with Gasteiger partial charge in [-0.25, -0.2) is 4.39 Å². The van der Waals surface area contributed by atoms with E-state index in [1.165, 1.54) is 23.1 Å². The number of fused-ring (bicyclic) bond motifs is 1. The number of aryl methyl sites for hydroxylation is 1. The summed E-state index contributed by atoms with van der Waals surface area (Å²) in [6, 6.07) is 5.38. The van der Waals surface area contributed by atoms with E-state index in [0.717, 1.165) is 62.7 Å². The Morgan fingerprint density at radius 3 is 2.60 bits per heavy atom. The number of carbonyl (C=O) groups is 2. The molecule has 1 saturated heterocycles. The van der Waals surface area contributed by atoms with Gasteiger partial charge in [0.2, 0.25) is 5.91 Å². The third-order valence-corrected chi connectivity index (χ3v) is 8.97. The molecule has 1 aliphatic heterocycles. The molecule has 3 heterocycles. The summed E-state index contributed by atoms with van der Waals surface area (Å²) in [6.45, 7) is 9.77. The SMILES string of the molecule is CC(=O)NC1CCC(N2CC[C@H](Cc3cn(-c4ccc(F)cc4C(=O)N(C)C(C)C)c4cncc(C)c34)C2)CC1. The van der Waals surface area contributed by atoms with Crippen molar-refractivity contribution in [1.82, 2.24) is 24.7 Å². The average Bonchev–Trinajstić information content (AvgIpc) is 3.53. The molecule has 2 aliphatic rings. The molecule has 0 bridgehead atoms. The minimum atomic E-state index is -0.424. The number of amides is 2. The van der Waals surface area contributed by atoms with Crippen molar-refractivity contribution in [2.75, 3.05) is 20.1 Å². The maximum Gasteiger partial charge on any atom is 0.256 e. The molecular formula is C32H42FN5O2. The third kappa shape index (κ3) is 5.78. The first-order chi connectivity index (χ1) is 19.1. The Kier molecular flexibility index (Phi) is 8.26. The van der Waals surface area contributed by atoms with Gasteiger partial charge in [0, 0.05) is 56.4 Å². The molecule has 1 saturated carbocycles. The zero-order chi connectivity index (χ0) is 28.6. The summed E-state index contributed by atoms with van der Waals surface area (Å²) in [7, 11) is 1.75. The molecule has 5 rings (SSSR count). The number of halogens is 1. The molecule has 0 radical (unpaired) electrons. The Bertz CT molecular complexity index is 1390. The van der Waals surface area contributed by atoms with Crippen LogP contribution in [-0.4, -0.2) is 69.4 Å². The second kappa shape index (κ2) is 11.7. The van der Waals surface area contributed by atoms with Crippen molar-refractivity contribution >= 4 is 22.7 Å². The first-order valence-electron chi connectivity index (χ1n) is 14.6. The van der Waals surface area contributed by atoms with Crippen molar-refractivity contribution < 1.29 is 14.0 Å². The van der Waals surface area contributed by atoms with Crippen molar-refractivity contribution in [3.63, 3.8) is 0 Å². The van der Waals surface area contributed by atoms with Gasteiger partial charge >= 0.3 is 0 Å². The molecule has 1 N–H and O–H groups in total. The van der Waals surface area contributed by atoms with E-state index in [-0.39, 0.29) is 17.9 Å². The zero-order valence-corrected chi connectivity index (χ0v) is 24.4. The second-order valence-electron chi connectivity index (χ2n) is 12.1. The maximum atomic E-state index is 14.4. The van der Waals surface area contributed by atoms with Gasteiger partial charge in [-0.15, -0.1) is 0 Å². The van der Waals surface area contributed by atoms with E-state index in [4.69, 9.17) is 0 Å². The van der Waals surface area contributed by atoms with E-state index in [2.05, 4.69) is 28.3 Å². The van der Waals surface area contributed by atoms with Gasteiger partial charge in [-0.2, -0.15) is 0 Å². The highest BCUT2D eigenvalue weighted by atomic mass is 19.1. The van der Waals surface area contributed by atoms with Crippen LogP contribution in [0.2, 0.25) is 0 Å². The lowest BCUT2D eigenvalue weighted by molar-refractivity contribution is -0.119. The van der Waals surface area contributed by atoms with Crippen LogP contribution in [0.4, 0.5) is 4.39 Å². The van der Waals surface area contributed by atoms with Crippen LogP contribution in [-0.2, 0) is 11.2 Å². The number of nitrogens with one attached hydrogen (secondary N) is 1. The lowest BCUT2D eigenvalue weighted by Crippen LogP contribution is -2.42. The topological polar surface area (TPSA) is 70.5 Å². The van der Waals surface area contributed by atoms with Crippen molar-refractivity contribution in [2.24, 2.45) is 5.92 Å². The van der Waals surface area contributed by atoms with Crippen LogP contribution in [0.3, 0.4) is 0 Å². The number of carbonyl (C=O) groups excluding carboxylic acids is 2. The van der Waals surface area contributed by atoms with Crippen LogP contribution in [0.25, 0.3) is 16.6 Å². The Morgan fingerprint density at radius 1 is 1.15 bits per heavy atom. The van der Waals surface area contributed by atoms with Crippen LogP contribution >= 0.6 is 0 Å². The molecule has 0 unspecified atom stereocenters. The predicted molar refractivity (Wildman–Crippen MR) is 156 cm³/mol. The summed E-state index contributed by atoms with van der Waals surface area (Å²) in [4.78, 5) is 33.6. The molecule has 2 amide bonds. The molecule has 2 aromatic heterocycles. The monoisotopic (exact) mass is 547 g/mol. The molecule has 0 spiro atoms. The van der Waals surface area contributed by atoms with Gasteiger partial charge in [0.05, 0.1) is 23.0 Å². The van der Waals surface area contributed by atoms with Gasteiger partial charge < -0.3 is 19.7 Å². The number of pyridine rings is 1. The molecule has 2 fully saturated rings. The number of hydrogen-bond donors (Lipinski definition) is 1. The third-order valence-electron chi connectivity index (χ3n) is 8.97. The van der Waals surface area contributed by atoms with Crippen molar-refractivity contribution in [3.05, 3.63) is 59.3 Å². The van der Waals surface area contributed by atoms with Crippen LogP contribution in [0, 0.1) is 18.7 Å². The Hall–Kier alpha value is -3.26. The van der Waals surface area contributed by atoms with Gasteiger partial charge in [-0.1, -0.05) is 0 Å². The van der Waals surface area contributed by atoms with Crippen LogP contribution in [0.1, 0.15) is 74.4 Å². The largest absolute Gasteiger partial charge is 0.354 e. The van der Waals surface area contributed by atoms with E-state index in [1.54, 1.807) is 24.9 Å². The average molecular weight is 548 g/mol. The van der Waals surface area contributed by atoms with Gasteiger partial charge in [-0.05, 0) is 101 Å². The summed E-state index contributed by atoms with van der Waals surface area (Å²) < 4.78 is 16.4. The second-order valence-corrected chi connectivity index (χ2v) is 12.1. The van der Waals surface area contributed by atoms with Gasteiger partial charge in [0.25, 0.3) is 5.91 Å². The Morgan fingerprint density at radius 2 is 1.90 bits per heavy atom. The standard InChI is InChI=1S/C32H42FN5O2/c1-20(2)36(5)32(40)28-15-25(33)6-11-29(28)38-19-24(31-21(3)16-34-17-30(31)38)14-23-12-13-37(18-23)27-9-7-26(8-10-27)35-22(4)39/h6,11,15-17,19-20,23,26-27H,7-10,12-14,18H2,1-5H3,(H,35,39)/t23-,26?,27?/m1/s1. The molecule has 40 heavy (non-hydrogen) atoms. The smallest absolute Gasteiger partial charge is 0.256 e. The minimum absolute atomic E-state index is 0.00439. The normalized spacial score (nSPS) is 21.7. The molecule has 1 atom stereocenters. The molecular weight excluding hydrogens is 505 g/mol. The maximum absolute atomic E-state index is 14.4. The predicted octanol–water partition coefficient (Wildman–Crippen LogP) is 5.27. The van der Waals surface area contributed by atoms with E-state index < -0.39 is 5.82 Å². The summed E-state index contributed by atoms with van der Waals surface area (Å²) in [5, 5.41) is 4.26. The van der Waals surface area contributed by atoms with E-state index in [0.29, 0.717) is 29.3 Å². The lowest BCUT2D eigenvalue weighted by atomic mass is 9.90.